The maximum absolute atomic E-state index is 12.4. The van der Waals surface area contributed by atoms with E-state index in [1.807, 2.05) is 40.4 Å². The van der Waals surface area contributed by atoms with Crippen LogP contribution in [0.5, 0.6) is 0 Å². The molecule has 1 saturated carbocycles. The number of rotatable bonds is 7. The van der Waals surface area contributed by atoms with Crippen molar-refractivity contribution in [3.05, 3.63) is 51.2 Å². The summed E-state index contributed by atoms with van der Waals surface area (Å²) in [6, 6.07) is 7.84. The standard InChI is InChI=1S/C19H18ClN5O2S3/c1-12(26)25(14-6-7-14)18-22-23-19(30-18)29-11-16(27)21-17-24(8-9-28-17)10-13-4-2-3-5-15(13)20/h2-5,8-9,14H,6-7,10-11H2,1H3. The Bertz CT molecular complexity index is 1130. The van der Waals surface area contributed by atoms with Crippen LogP contribution in [-0.4, -0.2) is 38.4 Å². The average molecular weight is 480 g/mol. The molecule has 30 heavy (non-hydrogen) atoms. The number of carbonyl (C=O) groups excluding carboxylic acids is 2. The highest BCUT2D eigenvalue weighted by Gasteiger charge is 2.34. The first-order chi connectivity index (χ1) is 14.5. The van der Waals surface area contributed by atoms with Crippen molar-refractivity contribution in [2.24, 2.45) is 4.99 Å². The molecule has 0 atom stereocenters. The highest BCUT2D eigenvalue weighted by molar-refractivity contribution is 8.01. The zero-order chi connectivity index (χ0) is 21.1. The van der Waals surface area contributed by atoms with Crippen LogP contribution in [0.1, 0.15) is 25.3 Å². The summed E-state index contributed by atoms with van der Waals surface area (Å²) in [4.78, 5) is 30.8. The number of hydrogen-bond donors (Lipinski definition) is 0. The second-order valence-electron chi connectivity index (χ2n) is 6.67. The normalized spacial score (nSPS) is 14.1. The van der Waals surface area contributed by atoms with E-state index in [2.05, 4.69) is 15.2 Å². The maximum atomic E-state index is 12.4. The van der Waals surface area contributed by atoms with E-state index in [0.29, 0.717) is 25.8 Å². The lowest BCUT2D eigenvalue weighted by atomic mass is 10.2. The summed E-state index contributed by atoms with van der Waals surface area (Å²) in [7, 11) is 0. The molecule has 0 radical (unpaired) electrons. The molecule has 156 valence electrons. The van der Waals surface area contributed by atoms with Gasteiger partial charge in [0.05, 0.1) is 12.3 Å². The Balaban J connectivity index is 1.40. The van der Waals surface area contributed by atoms with Crippen LogP contribution in [0.3, 0.4) is 0 Å². The maximum Gasteiger partial charge on any atom is 0.258 e. The minimum atomic E-state index is -0.252. The molecule has 2 aromatic heterocycles. The van der Waals surface area contributed by atoms with E-state index in [9.17, 15) is 9.59 Å². The fourth-order valence-corrected chi connectivity index (χ4v) is 5.50. The van der Waals surface area contributed by atoms with Crippen molar-refractivity contribution in [2.45, 2.75) is 36.7 Å². The SMILES string of the molecule is CC(=O)N(c1nnc(SCC(=O)N=c2sccn2Cc2ccccc2Cl)s1)C1CC1. The van der Waals surface area contributed by atoms with Crippen molar-refractivity contribution in [1.29, 1.82) is 0 Å². The Hall–Kier alpha value is -2.01. The zero-order valence-electron chi connectivity index (χ0n) is 16.0. The fourth-order valence-electron chi connectivity index (χ4n) is 2.82. The van der Waals surface area contributed by atoms with Crippen molar-refractivity contribution < 1.29 is 9.59 Å². The third kappa shape index (κ3) is 5.18. The number of anilines is 1. The van der Waals surface area contributed by atoms with Gasteiger partial charge in [-0.15, -0.1) is 21.5 Å². The average Bonchev–Trinajstić information content (AvgIpc) is 3.26. The molecule has 0 unspecified atom stereocenters. The monoisotopic (exact) mass is 479 g/mol. The smallest absolute Gasteiger partial charge is 0.258 e. The van der Waals surface area contributed by atoms with Gasteiger partial charge in [-0.3, -0.25) is 14.5 Å². The Morgan fingerprint density at radius 3 is 2.87 bits per heavy atom. The number of halogens is 1. The molecule has 2 heterocycles. The number of nitrogens with zero attached hydrogens (tertiary/aromatic N) is 5. The quantitative estimate of drug-likeness (QED) is 0.380. The third-order valence-electron chi connectivity index (χ3n) is 4.35. The predicted molar refractivity (Wildman–Crippen MR) is 120 cm³/mol. The zero-order valence-corrected chi connectivity index (χ0v) is 19.2. The van der Waals surface area contributed by atoms with E-state index in [1.54, 1.807) is 4.90 Å². The molecule has 0 aliphatic heterocycles. The number of thiazole rings is 1. The molecule has 1 aliphatic carbocycles. The molecular formula is C19H18ClN5O2S3. The van der Waals surface area contributed by atoms with Crippen molar-refractivity contribution in [3.8, 4) is 0 Å². The van der Waals surface area contributed by atoms with Crippen molar-refractivity contribution in [2.75, 3.05) is 10.7 Å². The molecule has 1 fully saturated rings. The lowest BCUT2D eigenvalue weighted by molar-refractivity contribution is -0.117. The van der Waals surface area contributed by atoms with Gasteiger partial charge >= 0.3 is 0 Å². The first-order valence-corrected chi connectivity index (χ1v) is 12.3. The molecule has 1 aromatic carbocycles. The molecule has 2 amide bonds. The Morgan fingerprint density at radius 1 is 1.33 bits per heavy atom. The molecule has 0 saturated heterocycles. The fraction of sp³-hybridized carbons (Fsp3) is 0.316. The summed E-state index contributed by atoms with van der Waals surface area (Å²) in [5, 5.41) is 11.4. The number of amides is 2. The number of carbonyl (C=O) groups is 2. The lowest BCUT2D eigenvalue weighted by Gasteiger charge is -2.15. The van der Waals surface area contributed by atoms with Gasteiger partial charge in [-0.05, 0) is 24.5 Å². The molecule has 7 nitrogen and oxygen atoms in total. The van der Waals surface area contributed by atoms with Gasteiger partial charge in [0.2, 0.25) is 11.0 Å². The highest BCUT2D eigenvalue weighted by Crippen LogP contribution is 2.35. The van der Waals surface area contributed by atoms with Gasteiger partial charge in [0.25, 0.3) is 5.91 Å². The van der Waals surface area contributed by atoms with Gasteiger partial charge < -0.3 is 4.57 Å². The molecule has 0 bridgehead atoms. The Kier molecular flexibility index (Phi) is 6.67. The summed E-state index contributed by atoms with van der Waals surface area (Å²) in [6.45, 7) is 2.08. The Labute approximate surface area is 190 Å². The number of aromatic nitrogens is 3. The number of thioether (sulfide) groups is 1. The summed E-state index contributed by atoms with van der Waals surface area (Å²) in [5.74, 6) is -0.128. The Morgan fingerprint density at radius 2 is 2.13 bits per heavy atom. The van der Waals surface area contributed by atoms with Crippen LogP contribution in [0, 0.1) is 0 Å². The summed E-state index contributed by atoms with van der Waals surface area (Å²) >= 11 is 10.2. The molecule has 11 heteroatoms. The van der Waals surface area contributed by atoms with Gasteiger partial charge in [0, 0.05) is 29.6 Å². The molecular weight excluding hydrogens is 462 g/mol. The van der Waals surface area contributed by atoms with Crippen molar-refractivity contribution >= 4 is 63.0 Å². The first-order valence-electron chi connectivity index (χ1n) is 9.22. The number of benzene rings is 1. The second-order valence-corrected chi connectivity index (χ2v) is 10.1. The van der Waals surface area contributed by atoms with Crippen molar-refractivity contribution in [3.63, 3.8) is 0 Å². The van der Waals surface area contributed by atoms with Crippen LogP contribution in [0.2, 0.25) is 5.02 Å². The molecule has 0 N–H and O–H groups in total. The predicted octanol–water partition coefficient (Wildman–Crippen LogP) is 3.84. The summed E-state index contributed by atoms with van der Waals surface area (Å²) in [6.07, 6.45) is 3.88. The van der Waals surface area contributed by atoms with Crippen LogP contribution in [0.4, 0.5) is 5.13 Å². The molecule has 4 rings (SSSR count). The minimum absolute atomic E-state index is 0.0305. The van der Waals surface area contributed by atoms with Gasteiger partial charge in [-0.1, -0.05) is 52.9 Å². The number of hydrogen-bond acceptors (Lipinski definition) is 7. The largest absolute Gasteiger partial charge is 0.319 e. The lowest BCUT2D eigenvalue weighted by Crippen LogP contribution is -2.30. The molecule has 0 spiro atoms. The van der Waals surface area contributed by atoms with E-state index >= 15 is 0 Å². The van der Waals surface area contributed by atoms with Gasteiger partial charge in [0.15, 0.2) is 9.14 Å². The topological polar surface area (TPSA) is 80.5 Å². The summed E-state index contributed by atoms with van der Waals surface area (Å²) in [5.41, 5.74) is 0.966. The van der Waals surface area contributed by atoms with Gasteiger partial charge in [0.1, 0.15) is 0 Å². The summed E-state index contributed by atoms with van der Waals surface area (Å²) < 4.78 is 2.55. The van der Waals surface area contributed by atoms with E-state index in [1.165, 1.54) is 41.4 Å². The van der Waals surface area contributed by atoms with E-state index < -0.39 is 0 Å². The van der Waals surface area contributed by atoms with E-state index in [0.717, 1.165) is 18.4 Å². The van der Waals surface area contributed by atoms with Crippen LogP contribution >= 0.6 is 46.0 Å². The van der Waals surface area contributed by atoms with E-state index in [4.69, 9.17) is 11.6 Å². The third-order valence-corrected chi connectivity index (χ3v) is 7.55. The van der Waals surface area contributed by atoms with Gasteiger partial charge in [-0.25, -0.2) is 0 Å². The second kappa shape index (κ2) is 9.42. The van der Waals surface area contributed by atoms with Gasteiger partial charge in [-0.2, -0.15) is 4.99 Å². The van der Waals surface area contributed by atoms with Crippen LogP contribution < -0.4 is 9.70 Å². The van der Waals surface area contributed by atoms with Crippen molar-refractivity contribution in [1.82, 2.24) is 14.8 Å². The van der Waals surface area contributed by atoms with Crippen LogP contribution in [0.15, 0.2) is 45.2 Å². The minimum Gasteiger partial charge on any atom is -0.319 e. The molecule has 3 aromatic rings. The van der Waals surface area contributed by atoms with Crippen LogP contribution in [-0.2, 0) is 16.1 Å². The first kappa shape index (κ1) is 21.2. The highest BCUT2D eigenvalue weighted by atomic mass is 35.5. The van der Waals surface area contributed by atoms with Crippen LogP contribution in [0.25, 0.3) is 0 Å². The van der Waals surface area contributed by atoms with E-state index in [-0.39, 0.29) is 23.6 Å². The molecule has 1 aliphatic rings.